The fourth-order valence-corrected chi connectivity index (χ4v) is 4.51. The molecule has 1 aliphatic heterocycles. The molecule has 31 heavy (non-hydrogen) atoms. The van der Waals surface area contributed by atoms with Gasteiger partial charge in [0.1, 0.15) is 10.8 Å². The first kappa shape index (κ1) is 21.3. The van der Waals surface area contributed by atoms with E-state index in [1.807, 2.05) is 0 Å². The van der Waals surface area contributed by atoms with Gasteiger partial charge in [-0.25, -0.2) is 14.4 Å². The molecule has 1 saturated heterocycles. The van der Waals surface area contributed by atoms with Gasteiger partial charge in [-0.3, -0.25) is 4.79 Å². The molecule has 0 radical (unpaired) electrons. The lowest BCUT2D eigenvalue weighted by Gasteiger charge is -2.33. The minimum atomic E-state index is -0.319. The Bertz CT molecular complexity index is 1070. The van der Waals surface area contributed by atoms with Crippen LogP contribution in [-0.2, 0) is 4.79 Å². The summed E-state index contributed by atoms with van der Waals surface area (Å²) in [6.07, 6.45) is 5.05. The Labute approximate surface area is 186 Å². The molecule has 2 aromatic carbocycles. The number of hydrogen-bond acceptors (Lipinski definition) is 5. The molecule has 0 aliphatic carbocycles. The normalized spacial score (nSPS) is 16.2. The van der Waals surface area contributed by atoms with E-state index in [2.05, 4.69) is 51.4 Å². The Hall–Kier alpha value is -2.93. The van der Waals surface area contributed by atoms with Gasteiger partial charge in [-0.15, -0.1) is 0 Å². The van der Waals surface area contributed by atoms with Crippen molar-refractivity contribution < 1.29 is 9.18 Å². The Balaban J connectivity index is 1.47. The number of hydrogen-bond donors (Lipinski definition) is 1. The first-order valence-electron chi connectivity index (χ1n) is 10.4. The number of piperidine rings is 1. The molecule has 1 aromatic heterocycles. The van der Waals surface area contributed by atoms with Gasteiger partial charge in [0.05, 0.1) is 5.92 Å². The number of carbonyl (C=O) groups is 1. The second-order valence-electron chi connectivity index (χ2n) is 7.84. The highest BCUT2D eigenvalue weighted by atomic mass is 32.2. The zero-order valence-electron chi connectivity index (χ0n) is 17.6. The van der Waals surface area contributed by atoms with Gasteiger partial charge in [0.25, 0.3) is 0 Å². The molecule has 1 atom stereocenters. The predicted molar refractivity (Wildman–Crippen MR) is 122 cm³/mol. The van der Waals surface area contributed by atoms with Crippen LogP contribution < -0.4 is 10.2 Å². The van der Waals surface area contributed by atoms with Crippen molar-refractivity contribution in [3.05, 3.63) is 71.8 Å². The van der Waals surface area contributed by atoms with Crippen LogP contribution in [0.25, 0.3) is 0 Å². The van der Waals surface area contributed by atoms with Crippen LogP contribution in [0.4, 0.5) is 15.9 Å². The van der Waals surface area contributed by atoms with Crippen molar-refractivity contribution >= 4 is 29.2 Å². The zero-order valence-corrected chi connectivity index (χ0v) is 18.5. The average Bonchev–Trinajstić information content (AvgIpc) is 2.78. The van der Waals surface area contributed by atoms with E-state index in [1.54, 1.807) is 43.2 Å². The number of anilines is 2. The van der Waals surface area contributed by atoms with Crippen molar-refractivity contribution in [1.82, 2.24) is 9.97 Å². The Morgan fingerprint density at radius 1 is 1.13 bits per heavy atom. The summed E-state index contributed by atoms with van der Waals surface area (Å²) >= 11 is 1.57. The minimum Gasteiger partial charge on any atom is -0.354 e. The lowest BCUT2D eigenvalue weighted by Crippen LogP contribution is -2.41. The fraction of sp³-hybridized carbons (Fsp3) is 0.292. The molecule has 0 bridgehead atoms. The number of carbonyl (C=O) groups excluding carboxylic acids is 1. The Morgan fingerprint density at radius 2 is 1.90 bits per heavy atom. The van der Waals surface area contributed by atoms with Crippen molar-refractivity contribution in [3.8, 4) is 0 Å². The molecular weight excluding hydrogens is 411 g/mol. The van der Waals surface area contributed by atoms with E-state index in [4.69, 9.17) is 0 Å². The molecule has 160 valence electrons. The van der Waals surface area contributed by atoms with Crippen LogP contribution in [0.5, 0.6) is 0 Å². The molecule has 3 aromatic rings. The van der Waals surface area contributed by atoms with Crippen molar-refractivity contribution in [2.75, 3.05) is 23.3 Å². The van der Waals surface area contributed by atoms with Crippen LogP contribution in [0.3, 0.4) is 0 Å². The highest BCUT2D eigenvalue weighted by Crippen LogP contribution is 2.34. The van der Waals surface area contributed by atoms with Gasteiger partial charge in [0, 0.05) is 36.1 Å². The summed E-state index contributed by atoms with van der Waals surface area (Å²) in [6.45, 7) is 5.14. The first-order valence-corrected chi connectivity index (χ1v) is 11.2. The number of aromatic nitrogens is 2. The van der Waals surface area contributed by atoms with Crippen molar-refractivity contribution in [3.63, 3.8) is 0 Å². The summed E-state index contributed by atoms with van der Waals surface area (Å²) < 4.78 is 13.8. The third-order valence-electron chi connectivity index (χ3n) is 5.41. The highest BCUT2D eigenvalue weighted by Gasteiger charge is 2.28. The van der Waals surface area contributed by atoms with Crippen LogP contribution in [0.1, 0.15) is 24.0 Å². The number of halogens is 1. The van der Waals surface area contributed by atoms with Crippen molar-refractivity contribution in [2.24, 2.45) is 5.92 Å². The fourth-order valence-electron chi connectivity index (χ4n) is 3.62. The van der Waals surface area contributed by atoms with Crippen molar-refractivity contribution in [1.29, 1.82) is 0 Å². The molecule has 1 N–H and O–H groups in total. The quantitative estimate of drug-likeness (QED) is 0.593. The highest BCUT2D eigenvalue weighted by molar-refractivity contribution is 7.99. The standard InChI is InChI=1S/C24H25FN4OS/c1-16-5-9-20(10-6-16)31-24-22(26-11-12-27-24)29-13-3-4-18(15-29)23(30)28-19-8-7-17(2)21(25)14-19/h5-12,14,18H,3-4,13,15H2,1-2H3,(H,28,30). The SMILES string of the molecule is Cc1ccc(Sc2nccnc2N2CCCC(C(=O)Nc3ccc(C)c(F)c3)C2)cc1. The molecule has 0 spiro atoms. The first-order chi connectivity index (χ1) is 15.0. The summed E-state index contributed by atoms with van der Waals surface area (Å²) in [5, 5.41) is 3.69. The molecular formula is C24H25FN4OS. The van der Waals surface area contributed by atoms with E-state index in [-0.39, 0.29) is 17.6 Å². The lowest BCUT2D eigenvalue weighted by molar-refractivity contribution is -0.120. The Morgan fingerprint density at radius 3 is 2.68 bits per heavy atom. The summed E-state index contributed by atoms with van der Waals surface area (Å²) in [4.78, 5) is 25.2. The number of nitrogens with zero attached hydrogens (tertiary/aromatic N) is 3. The summed E-state index contributed by atoms with van der Waals surface area (Å²) in [5.74, 6) is 0.189. The van der Waals surface area contributed by atoms with Gasteiger partial charge in [0.15, 0.2) is 5.82 Å². The molecule has 1 unspecified atom stereocenters. The van der Waals surface area contributed by atoms with Crippen LogP contribution in [0, 0.1) is 25.6 Å². The zero-order chi connectivity index (χ0) is 21.8. The lowest BCUT2D eigenvalue weighted by atomic mass is 9.97. The maximum atomic E-state index is 13.8. The smallest absolute Gasteiger partial charge is 0.229 e. The number of nitrogens with one attached hydrogen (secondary N) is 1. The molecule has 7 heteroatoms. The van der Waals surface area contributed by atoms with E-state index >= 15 is 0 Å². The molecule has 4 rings (SSSR count). The van der Waals surface area contributed by atoms with Crippen LogP contribution in [0.15, 0.2) is 64.8 Å². The number of rotatable bonds is 5. The average molecular weight is 437 g/mol. The van der Waals surface area contributed by atoms with E-state index in [0.29, 0.717) is 17.8 Å². The molecule has 2 heterocycles. The van der Waals surface area contributed by atoms with Gasteiger partial charge < -0.3 is 10.2 Å². The third kappa shape index (κ3) is 5.22. The topological polar surface area (TPSA) is 58.1 Å². The number of benzene rings is 2. The summed E-state index contributed by atoms with van der Waals surface area (Å²) in [6, 6.07) is 13.1. The second kappa shape index (κ2) is 9.47. The van der Waals surface area contributed by atoms with E-state index in [0.717, 1.165) is 35.1 Å². The molecule has 1 aliphatic rings. The van der Waals surface area contributed by atoms with E-state index < -0.39 is 0 Å². The van der Waals surface area contributed by atoms with Crippen LogP contribution >= 0.6 is 11.8 Å². The third-order valence-corrected chi connectivity index (χ3v) is 6.40. The number of amides is 1. The van der Waals surface area contributed by atoms with E-state index in [9.17, 15) is 9.18 Å². The van der Waals surface area contributed by atoms with Gasteiger partial charge in [-0.2, -0.15) is 0 Å². The number of aryl methyl sites for hydroxylation is 2. The molecule has 0 saturated carbocycles. The minimum absolute atomic E-state index is 0.0930. The maximum absolute atomic E-state index is 13.8. The van der Waals surface area contributed by atoms with Crippen molar-refractivity contribution in [2.45, 2.75) is 36.6 Å². The molecule has 1 fully saturated rings. The van der Waals surface area contributed by atoms with Gasteiger partial charge in [-0.05, 0) is 56.5 Å². The maximum Gasteiger partial charge on any atom is 0.229 e. The van der Waals surface area contributed by atoms with Crippen LogP contribution in [-0.4, -0.2) is 29.0 Å². The van der Waals surface area contributed by atoms with E-state index in [1.165, 1.54) is 11.6 Å². The second-order valence-corrected chi connectivity index (χ2v) is 8.90. The molecule has 1 amide bonds. The van der Waals surface area contributed by atoms with Crippen LogP contribution in [0.2, 0.25) is 0 Å². The van der Waals surface area contributed by atoms with Gasteiger partial charge in [-0.1, -0.05) is 35.5 Å². The molecule has 5 nitrogen and oxygen atoms in total. The monoisotopic (exact) mass is 436 g/mol. The van der Waals surface area contributed by atoms with Gasteiger partial charge >= 0.3 is 0 Å². The largest absolute Gasteiger partial charge is 0.354 e. The van der Waals surface area contributed by atoms with Gasteiger partial charge in [0.2, 0.25) is 5.91 Å². The summed E-state index contributed by atoms with van der Waals surface area (Å²) in [5.41, 5.74) is 2.26. The Kier molecular flexibility index (Phi) is 6.51. The predicted octanol–water partition coefficient (Wildman–Crippen LogP) is 5.24. The summed E-state index contributed by atoms with van der Waals surface area (Å²) in [7, 11) is 0.